The van der Waals surface area contributed by atoms with Crippen LogP contribution in [0.5, 0.6) is 5.75 Å². The molecular weight excluding hydrogens is 306 g/mol. The molecule has 1 aromatic heterocycles. The molecule has 0 aliphatic carbocycles. The topological polar surface area (TPSA) is 67.6 Å². The molecule has 1 aromatic carbocycles. The molecule has 0 spiro atoms. The van der Waals surface area contributed by atoms with Crippen LogP contribution in [0, 0.1) is 6.92 Å². The van der Waals surface area contributed by atoms with E-state index in [1.807, 2.05) is 49.1 Å². The van der Waals surface area contributed by atoms with Gasteiger partial charge in [-0.3, -0.25) is 0 Å². The van der Waals surface area contributed by atoms with Crippen molar-refractivity contribution in [3.8, 4) is 5.75 Å². The Bertz CT molecular complexity index is 698. The van der Waals surface area contributed by atoms with Crippen molar-refractivity contribution in [3.05, 3.63) is 47.3 Å². The van der Waals surface area contributed by atoms with Crippen LogP contribution in [-0.2, 0) is 6.54 Å². The van der Waals surface area contributed by atoms with Gasteiger partial charge in [-0.1, -0.05) is 17.3 Å². The highest BCUT2D eigenvalue weighted by Gasteiger charge is 2.32. The maximum absolute atomic E-state index is 12.5. The monoisotopic (exact) mass is 329 g/mol. The van der Waals surface area contributed by atoms with E-state index in [2.05, 4.69) is 10.5 Å². The Balaban J connectivity index is 1.61. The van der Waals surface area contributed by atoms with Gasteiger partial charge in [-0.2, -0.15) is 0 Å². The van der Waals surface area contributed by atoms with Gasteiger partial charge in [0.2, 0.25) is 0 Å². The molecule has 0 unspecified atom stereocenters. The maximum Gasteiger partial charge on any atom is 0.318 e. The van der Waals surface area contributed by atoms with E-state index in [0.29, 0.717) is 13.2 Å². The minimum atomic E-state index is -0.0756. The van der Waals surface area contributed by atoms with Crippen LogP contribution < -0.4 is 10.1 Å². The average Bonchev–Trinajstić information content (AvgIpc) is 3.22. The van der Waals surface area contributed by atoms with Gasteiger partial charge < -0.3 is 19.5 Å². The fourth-order valence-corrected chi connectivity index (χ4v) is 3.04. The molecule has 2 aromatic rings. The number of nitrogens with one attached hydrogen (secondary N) is 1. The fourth-order valence-electron chi connectivity index (χ4n) is 3.04. The third-order valence-electron chi connectivity index (χ3n) is 4.14. The van der Waals surface area contributed by atoms with Gasteiger partial charge in [-0.25, -0.2) is 4.79 Å². The maximum atomic E-state index is 12.5. The summed E-state index contributed by atoms with van der Waals surface area (Å²) in [5, 5.41) is 6.91. The van der Waals surface area contributed by atoms with Crippen molar-refractivity contribution in [1.82, 2.24) is 15.4 Å². The number of amides is 2. The normalized spacial score (nSPS) is 17.1. The minimum Gasteiger partial charge on any atom is -0.494 e. The van der Waals surface area contributed by atoms with Crippen LogP contribution in [0.3, 0.4) is 0 Å². The number of likely N-dealkylation sites (tertiary alicyclic amines) is 1. The number of nitrogens with zero attached hydrogens (tertiary/aromatic N) is 2. The Morgan fingerprint density at radius 1 is 1.46 bits per heavy atom. The fraction of sp³-hybridized carbons (Fsp3) is 0.444. The van der Waals surface area contributed by atoms with Crippen molar-refractivity contribution >= 4 is 6.03 Å². The second-order valence-electron chi connectivity index (χ2n) is 5.96. The predicted octanol–water partition coefficient (Wildman–Crippen LogP) is 3.43. The molecule has 128 valence electrons. The number of urea groups is 1. The first-order valence-electron chi connectivity index (χ1n) is 8.37. The number of benzene rings is 1. The third kappa shape index (κ3) is 3.69. The molecular formula is C18H23N3O3. The Morgan fingerprint density at radius 2 is 2.33 bits per heavy atom. The molecule has 6 heteroatoms. The summed E-state index contributed by atoms with van der Waals surface area (Å²) >= 11 is 0. The smallest absolute Gasteiger partial charge is 0.318 e. The molecule has 1 saturated heterocycles. The van der Waals surface area contributed by atoms with E-state index in [0.717, 1.165) is 42.2 Å². The van der Waals surface area contributed by atoms with Crippen molar-refractivity contribution in [1.29, 1.82) is 0 Å². The van der Waals surface area contributed by atoms with Crippen molar-refractivity contribution in [2.45, 2.75) is 39.3 Å². The summed E-state index contributed by atoms with van der Waals surface area (Å²) in [7, 11) is 0. The summed E-state index contributed by atoms with van der Waals surface area (Å²) in [5.41, 5.74) is 1.85. The van der Waals surface area contributed by atoms with Crippen LogP contribution >= 0.6 is 0 Å². The van der Waals surface area contributed by atoms with Gasteiger partial charge in [-0.15, -0.1) is 0 Å². The standard InChI is InChI=1S/C18H23N3O3/c1-3-23-15-7-4-6-14(11-15)12-19-18(22)21-9-5-8-16(21)17-10-13(2)20-24-17/h4,6-7,10-11,16H,3,5,8-9,12H2,1-2H3,(H,19,22)/t16-/m1/s1. The van der Waals surface area contributed by atoms with E-state index >= 15 is 0 Å². The summed E-state index contributed by atoms with van der Waals surface area (Å²) in [6.07, 6.45) is 1.87. The van der Waals surface area contributed by atoms with Crippen LogP contribution in [0.1, 0.15) is 42.8 Å². The van der Waals surface area contributed by atoms with Gasteiger partial charge in [0.15, 0.2) is 5.76 Å². The van der Waals surface area contributed by atoms with Gasteiger partial charge in [0.05, 0.1) is 18.3 Å². The Hall–Kier alpha value is -2.50. The number of rotatable bonds is 5. The van der Waals surface area contributed by atoms with Crippen molar-refractivity contribution in [2.75, 3.05) is 13.2 Å². The molecule has 2 heterocycles. The zero-order valence-corrected chi connectivity index (χ0v) is 14.1. The van der Waals surface area contributed by atoms with E-state index in [1.165, 1.54) is 0 Å². The quantitative estimate of drug-likeness (QED) is 0.912. The summed E-state index contributed by atoms with van der Waals surface area (Å²) in [6.45, 7) is 5.67. The van der Waals surface area contributed by atoms with Crippen LogP contribution in [0.2, 0.25) is 0 Å². The second-order valence-corrected chi connectivity index (χ2v) is 5.96. The van der Waals surface area contributed by atoms with Crippen molar-refractivity contribution < 1.29 is 14.1 Å². The minimum absolute atomic E-state index is 0.0269. The summed E-state index contributed by atoms with van der Waals surface area (Å²) < 4.78 is 10.8. The molecule has 0 radical (unpaired) electrons. The number of ether oxygens (including phenoxy) is 1. The van der Waals surface area contributed by atoms with Crippen molar-refractivity contribution in [2.24, 2.45) is 0 Å². The van der Waals surface area contributed by atoms with E-state index in [9.17, 15) is 4.79 Å². The highest BCUT2D eigenvalue weighted by Crippen LogP contribution is 2.32. The van der Waals surface area contributed by atoms with Gasteiger partial charge in [0.1, 0.15) is 5.75 Å². The van der Waals surface area contributed by atoms with Gasteiger partial charge in [0, 0.05) is 19.2 Å². The van der Waals surface area contributed by atoms with Crippen molar-refractivity contribution in [3.63, 3.8) is 0 Å². The molecule has 0 bridgehead atoms. The number of hydrogen-bond donors (Lipinski definition) is 1. The van der Waals surface area contributed by atoms with E-state index in [-0.39, 0.29) is 12.1 Å². The molecule has 0 saturated carbocycles. The molecule has 1 atom stereocenters. The Kier molecular flexibility index (Phi) is 5.03. The Morgan fingerprint density at radius 3 is 3.08 bits per heavy atom. The predicted molar refractivity (Wildman–Crippen MR) is 89.8 cm³/mol. The third-order valence-corrected chi connectivity index (χ3v) is 4.14. The van der Waals surface area contributed by atoms with Crippen LogP contribution in [0.25, 0.3) is 0 Å². The molecule has 1 aliphatic rings. The first-order valence-corrected chi connectivity index (χ1v) is 8.37. The molecule has 1 aliphatic heterocycles. The lowest BCUT2D eigenvalue weighted by Crippen LogP contribution is -2.39. The molecule has 24 heavy (non-hydrogen) atoms. The van der Waals surface area contributed by atoms with E-state index < -0.39 is 0 Å². The van der Waals surface area contributed by atoms with Crippen LogP contribution in [0.15, 0.2) is 34.9 Å². The lowest BCUT2D eigenvalue weighted by molar-refractivity contribution is 0.182. The largest absolute Gasteiger partial charge is 0.494 e. The first kappa shape index (κ1) is 16.4. The summed E-state index contributed by atoms with van der Waals surface area (Å²) in [6, 6.07) is 9.58. The molecule has 2 amide bonds. The first-order chi connectivity index (χ1) is 11.7. The van der Waals surface area contributed by atoms with E-state index in [1.54, 1.807) is 0 Å². The number of carbonyl (C=O) groups excluding carboxylic acids is 1. The second kappa shape index (κ2) is 7.38. The summed E-state index contributed by atoms with van der Waals surface area (Å²) in [5.74, 6) is 1.58. The summed E-state index contributed by atoms with van der Waals surface area (Å²) in [4.78, 5) is 14.4. The van der Waals surface area contributed by atoms with Gasteiger partial charge >= 0.3 is 6.03 Å². The Labute approximate surface area is 141 Å². The molecule has 1 N–H and O–H groups in total. The van der Waals surface area contributed by atoms with Crippen LogP contribution in [0.4, 0.5) is 4.79 Å². The van der Waals surface area contributed by atoms with E-state index in [4.69, 9.17) is 9.26 Å². The number of aryl methyl sites for hydroxylation is 1. The molecule has 3 rings (SSSR count). The lowest BCUT2D eigenvalue weighted by Gasteiger charge is -2.23. The molecule has 1 fully saturated rings. The lowest BCUT2D eigenvalue weighted by atomic mass is 10.1. The molecule has 6 nitrogen and oxygen atoms in total. The van der Waals surface area contributed by atoms with Gasteiger partial charge in [-0.05, 0) is 44.4 Å². The van der Waals surface area contributed by atoms with Gasteiger partial charge in [0.25, 0.3) is 0 Å². The number of carbonyl (C=O) groups is 1. The zero-order chi connectivity index (χ0) is 16.9. The SMILES string of the molecule is CCOc1cccc(CNC(=O)N2CCC[C@@H]2c2cc(C)no2)c1. The highest BCUT2D eigenvalue weighted by molar-refractivity contribution is 5.75. The number of hydrogen-bond acceptors (Lipinski definition) is 4. The van der Waals surface area contributed by atoms with Crippen LogP contribution in [-0.4, -0.2) is 29.2 Å². The highest BCUT2D eigenvalue weighted by atomic mass is 16.5. The number of aromatic nitrogens is 1. The zero-order valence-electron chi connectivity index (χ0n) is 14.1. The average molecular weight is 329 g/mol.